The van der Waals surface area contributed by atoms with Gasteiger partial charge in [-0.05, 0) is 77.0 Å². The fraction of sp³-hybridized carbons (Fsp3) is 0.768. The molecule has 462 valence electrons. The molecule has 8 atom stereocenters. The Balaban J connectivity index is 2.58. The van der Waals surface area contributed by atoms with Crippen LogP contribution in [0.3, 0.4) is 0 Å². The van der Waals surface area contributed by atoms with Gasteiger partial charge >= 0.3 is 5.97 Å². The summed E-state index contributed by atoms with van der Waals surface area (Å²) in [6.45, 7) is 5.61. The van der Waals surface area contributed by atoms with E-state index in [4.69, 9.17) is 14.2 Å². The van der Waals surface area contributed by atoms with Crippen molar-refractivity contribution in [3.8, 4) is 0 Å². The second-order valence-corrected chi connectivity index (χ2v) is 22.6. The van der Waals surface area contributed by atoms with Crippen LogP contribution in [-0.4, -0.2) is 99.6 Å². The van der Waals surface area contributed by atoms with Gasteiger partial charge in [-0.2, -0.15) is 0 Å². The average molecular weight is 1120 g/mol. The van der Waals surface area contributed by atoms with Crippen LogP contribution in [0.25, 0.3) is 0 Å². The molecule has 11 nitrogen and oxygen atoms in total. The van der Waals surface area contributed by atoms with E-state index in [1.54, 1.807) is 6.08 Å². The van der Waals surface area contributed by atoms with Gasteiger partial charge in [0.2, 0.25) is 5.91 Å². The van der Waals surface area contributed by atoms with Crippen molar-refractivity contribution in [2.75, 3.05) is 13.2 Å². The molecule has 8 unspecified atom stereocenters. The Kier molecular flexibility index (Phi) is 52.7. The third-order valence-electron chi connectivity index (χ3n) is 15.1. The maximum Gasteiger partial charge on any atom is 0.306 e. The molecule has 1 heterocycles. The van der Waals surface area contributed by atoms with Crippen LogP contribution >= 0.6 is 0 Å². The van der Waals surface area contributed by atoms with Gasteiger partial charge in [0.15, 0.2) is 12.4 Å². The number of hydrogen-bond acceptors (Lipinski definition) is 10. The zero-order chi connectivity index (χ0) is 58.2. The highest BCUT2D eigenvalue weighted by atomic mass is 16.7. The molecule has 1 amide bonds. The van der Waals surface area contributed by atoms with E-state index in [0.29, 0.717) is 12.8 Å². The summed E-state index contributed by atoms with van der Waals surface area (Å²) in [4.78, 5) is 26.5. The largest absolute Gasteiger partial charge is 0.454 e. The Morgan fingerprint density at radius 2 is 0.950 bits per heavy atom. The smallest absolute Gasteiger partial charge is 0.306 e. The number of ether oxygens (including phenoxy) is 3. The summed E-state index contributed by atoms with van der Waals surface area (Å²) in [6, 6.07) is -1.04. The molecule has 1 rings (SSSR count). The number of carbonyl (C=O) groups is 2. The van der Waals surface area contributed by atoms with Gasteiger partial charge < -0.3 is 45.1 Å². The summed E-state index contributed by atoms with van der Waals surface area (Å²) in [5.74, 6) is -1.23. The first kappa shape index (κ1) is 74.9. The first-order valence-electron chi connectivity index (χ1n) is 32.9. The Morgan fingerprint density at radius 3 is 1.48 bits per heavy atom. The van der Waals surface area contributed by atoms with Crippen LogP contribution in [0.1, 0.15) is 278 Å². The van der Waals surface area contributed by atoms with Crippen LogP contribution < -0.4 is 5.32 Å². The lowest BCUT2D eigenvalue weighted by atomic mass is 9.99. The maximum atomic E-state index is 13.5. The number of nitrogens with one attached hydrogen (secondary N) is 1. The second-order valence-electron chi connectivity index (χ2n) is 22.6. The number of allylic oxidation sites excluding steroid dienone is 13. The molecule has 0 spiro atoms. The minimum Gasteiger partial charge on any atom is -0.454 e. The third-order valence-corrected chi connectivity index (χ3v) is 15.1. The molecule has 0 bridgehead atoms. The summed E-state index contributed by atoms with van der Waals surface area (Å²) >= 11 is 0. The van der Waals surface area contributed by atoms with Gasteiger partial charge in [-0.25, -0.2) is 0 Å². The predicted octanol–water partition coefficient (Wildman–Crippen LogP) is 16.1. The van der Waals surface area contributed by atoms with E-state index in [2.05, 4.69) is 62.5 Å². The molecule has 0 aliphatic carbocycles. The Bertz CT molecular complexity index is 1620. The van der Waals surface area contributed by atoms with E-state index in [0.717, 1.165) is 70.6 Å². The topological polar surface area (TPSA) is 175 Å². The van der Waals surface area contributed by atoms with Crippen molar-refractivity contribution in [1.82, 2.24) is 5.32 Å². The van der Waals surface area contributed by atoms with Crippen LogP contribution in [-0.2, 0) is 23.8 Å². The lowest BCUT2D eigenvalue weighted by molar-refractivity contribution is -0.305. The van der Waals surface area contributed by atoms with Gasteiger partial charge in [-0.1, -0.05) is 279 Å². The van der Waals surface area contributed by atoms with E-state index < -0.39 is 67.4 Å². The standard InChI is InChI=1S/C69H121NO10/c1-4-7-10-13-16-19-22-25-26-27-28-29-30-31-32-33-34-35-36-37-39-41-44-47-50-53-56-62(73)68(77)70-60(61(72)55-52-49-46-43-40-24-21-18-15-12-9-6-3)59-78-69-67(66(76)65(75)63(58-71)79-69)80-64(74)57-54-51-48-45-42-38-23-20-17-14-11-8-5-2/h8,11,14,16-17,19-20,23,25-26,38,42,52,55,60-63,65-67,69,71-73,75-76H,4-7,9-10,12-13,15,18,21-22,24,27-37,39-41,43-51,53-54,56-59H2,1-3H3,(H,70,77)/b11-8+,17-14+,19-16-,23-20-,26-25-,42-38-,55-52+. The fourth-order valence-electron chi connectivity index (χ4n) is 9.93. The van der Waals surface area contributed by atoms with Crippen molar-refractivity contribution >= 4 is 11.9 Å². The normalized spacial score (nSPS) is 19.3. The van der Waals surface area contributed by atoms with Gasteiger partial charge in [0.1, 0.15) is 24.4 Å². The average Bonchev–Trinajstić information content (AvgIpc) is 3.45. The Labute approximate surface area is 489 Å². The summed E-state index contributed by atoms with van der Waals surface area (Å²) in [6.07, 6.45) is 63.6. The molecule has 1 saturated heterocycles. The number of esters is 1. The molecule has 0 radical (unpaired) electrons. The highest BCUT2D eigenvalue weighted by Gasteiger charge is 2.47. The van der Waals surface area contributed by atoms with E-state index in [1.165, 1.54) is 161 Å². The Morgan fingerprint density at radius 1 is 0.512 bits per heavy atom. The molecule has 6 N–H and O–H groups in total. The van der Waals surface area contributed by atoms with Gasteiger partial charge in [0.25, 0.3) is 0 Å². The molecule has 1 fully saturated rings. The molecule has 0 aromatic rings. The lowest BCUT2D eigenvalue weighted by Gasteiger charge is -2.41. The summed E-state index contributed by atoms with van der Waals surface area (Å²) < 4.78 is 17.6. The summed E-state index contributed by atoms with van der Waals surface area (Å²) in [7, 11) is 0. The van der Waals surface area contributed by atoms with Crippen LogP contribution in [0.2, 0.25) is 0 Å². The molecule has 80 heavy (non-hydrogen) atoms. The van der Waals surface area contributed by atoms with Crippen LogP contribution in [0.4, 0.5) is 0 Å². The third kappa shape index (κ3) is 43.5. The molecule has 1 aliphatic heterocycles. The number of unbranched alkanes of at least 4 members (excludes halogenated alkanes) is 32. The van der Waals surface area contributed by atoms with Crippen molar-refractivity contribution in [2.45, 2.75) is 327 Å². The van der Waals surface area contributed by atoms with E-state index in [-0.39, 0.29) is 19.4 Å². The Hall–Kier alpha value is -3.16. The van der Waals surface area contributed by atoms with Crippen molar-refractivity contribution < 1.29 is 49.3 Å². The molecule has 0 saturated carbocycles. The fourth-order valence-corrected chi connectivity index (χ4v) is 9.93. The van der Waals surface area contributed by atoms with E-state index in [9.17, 15) is 35.1 Å². The van der Waals surface area contributed by atoms with E-state index >= 15 is 0 Å². The first-order chi connectivity index (χ1) is 39.2. The minimum absolute atomic E-state index is 0.0754. The highest BCUT2D eigenvalue weighted by molar-refractivity contribution is 5.80. The maximum absolute atomic E-state index is 13.5. The quantitative estimate of drug-likeness (QED) is 0.0149. The molecule has 1 aliphatic rings. The van der Waals surface area contributed by atoms with Crippen molar-refractivity contribution in [3.05, 3.63) is 85.1 Å². The second kappa shape index (κ2) is 56.3. The summed E-state index contributed by atoms with van der Waals surface area (Å²) in [5.41, 5.74) is 0. The SMILES string of the molecule is CC/C=C/C=C/C=C\C=C/CCCCCC(=O)OC1C(OCC(NC(=O)C(O)CCCCCCCCCCCCCCCCCC/C=C\C/C=C\CCCCC)C(O)/C=C/CCCCCCCCCCCC)OC(CO)C(O)C1O. The lowest BCUT2D eigenvalue weighted by Crippen LogP contribution is -2.61. The minimum atomic E-state index is -1.63. The van der Waals surface area contributed by atoms with Gasteiger partial charge in [-0.15, -0.1) is 0 Å². The number of aliphatic hydroxyl groups excluding tert-OH is 5. The van der Waals surface area contributed by atoms with Crippen molar-refractivity contribution in [3.63, 3.8) is 0 Å². The number of aliphatic hydroxyl groups is 5. The number of carbonyl (C=O) groups excluding carboxylic acids is 2. The van der Waals surface area contributed by atoms with Crippen LogP contribution in [0.5, 0.6) is 0 Å². The zero-order valence-corrected chi connectivity index (χ0v) is 51.2. The van der Waals surface area contributed by atoms with Crippen LogP contribution in [0.15, 0.2) is 85.1 Å². The van der Waals surface area contributed by atoms with E-state index in [1.807, 2.05) is 42.5 Å². The molecule has 0 aromatic heterocycles. The van der Waals surface area contributed by atoms with Gasteiger partial charge in [-0.3, -0.25) is 9.59 Å². The van der Waals surface area contributed by atoms with Crippen LogP contribution in [0, 0.1) is 0 Å². The molecular weight excluding hydrogens is 1000 g/mol. The predicted molar refractivity (Wildman–Crippen MR) is 333 cm³/mol. The van der Waals surface area contributed by atoms with Crippen molar-refractivity contribution in [1.29, 1.82) is 0 Å². The highest BCUT2D eigenvalue weighted by Crippen LogP contribution is 2.26. The molecule has 11 heteroatoms. The number of amides is 1. The number of hydrogen-bond donors (Lipinski definition) is 6. The summed E-state index contributed by atoms with van der Waals surface area (Å²) in [5, 5.41) is 57.0. The van der Waals surface area contributed by atoms with Gasteiger partial charge in [0, 0.05) is 6.42 Å². The zero-order valence-electron chi connectivity index (χ0n) is 51.2. The molecule has 0 aromatic carbocycles. The van der Waals surface area contributed by atoms with Crippen molar-refractivity contribution in [2.24, 2.45) is 0 Å². The monoisotopic (exact) mass is 1120 g/mol. The first-order valence-corrected chi connectivity index (χ1v) is 32.9. The number of rotatable bonds is 55. The van der Waals surface area contributed by atoms with Gasteiger partial charge in [0.05, 0.1) is 25.4 Å². The molecular formula is C69H121NO10.